The lowest BCUT2D eigenvalue weighted by Crippen LogP contribution is -2.01. The van der Waals surface area contributed by atoms with E-state index in [9.17, 15) is 0 Å². The molecule has 2 rings (SSSR count). The molecule has 0 aromatic carbocycles. The Morgan fingerprint density at radius 1 is 1.45 bits per heavy atom. The van der Waals surface area contributed by atoms with E-state index in [1.807, 2.05) is 13.0 Å². The zero-order valence-electron chi connectivity index (χ0n) is 6.02. The van der Waals surface area contributed by atoms with E-state index in [1.54, 1.807) is 6.20 Å². The van der Waals surface area contributed by atoms with Gasteiger partial charge in [-0.1, -0.05) is 0 Å². The maximum Gasteiger partial charge on any atom is 0.162 e. The Morgan fingerprint density at radius 3 is 3.09 bits per heavy atom. The third-order valence-corrected chi connectivity index (χ3v) is 1.70. The van der Waals surface area contributed by atoms with Gasteiger partial charge in [-0.25, -0.2) is 9.97 Å². The van der Waals surface area contributed by atoms with Gasteiger partial charge in [-0.2, -0.15) is 4.73 Å². The number of fused-ring (bicyclic) bond motifs is 1. The Bertz CT molecular complexity index is 355. The lowest BCUT2D eigenvalue weighted by Gasteiger charge is -2.04. The van der Waals surface area contributed by atoms with Crippen LogP contribution in [0, 0.1) is 6.92 Å². The van der Waals surface area contributed by atoms with Gasteiger partial charge >= 0.3 is 0 Å². The molecule has 0 bridgehead atoms. The fourth-order valence-electron chi connectivity index (χ4n) is 1.03. The first-order valence-corrected chi connectivity index (χ1v) is 3.27. The van der Waals surface area contributed by atoms with Crippen molar-refractivity contribution in [1.29, 1.82) is 0 Å². The summed E-state index contributed by atoms with van der Waals surface area (Å²) in [6, 6.07) is 1.82. The van der Waals surface area contributed by atoms with Crippen LogP contribution >= 0.6 is 0 Å². The highest BCUT2D eigenvalue weighted by Crippen LogP contribution is 2.19. The fourth-order valence-corrected chi connectivity index (χ4v) is 1.03. The van der Waals surface area contributed by atoms with Gasteiger partial charge in [0, 0.05) is 11.8 Å². The van der Waals surface area contributed by atoms with Gasteiger partial charge in [0.15, 0.2) is 5.82 Å². The highest BCUT2D eigenvalue weighted by atomic mass is 16.5. The molecular weight excluding hydrogens is 142 g/mol. The largest absolute Gasteiger partial charge is 0.427 e. The Hall–Kier alpha value is -1.58. The van der Waals surface area contributed by atoms with E-state index in [-0.39, 0.29) is 0 Å². The number of rotatable bonds is 0. The van der Waals surface area contributed by atoms with Crippen molar-refractivity contribution in [2.45, 2.75) is 6.92 Å². The summed E-state index contributed by atoms with van der Waals surface area (Å²) in [5.41, 5.74) is 1.64. The lowest BCUT2D eigenvalue weighted by molar-refractivity contribution is 0.174. The Kier molecular flexibility index (Phi) is 1.09. The van der Waals surface area contributed by atoms with Crippen LogP contribution in [-0.2, 0) is 0 Å². The van der Waals surface area contributed by atoms with Crippen molar-refractivity contribution in [3.05, 3.63) is 24.3 Å². The molecule has 0 spiro atoms. The third kappa shape index (κ3) is 0.756. The van der Waals surface area contributed by atoms with Crippen LogP contribution in [0.1, 0.15) is 5.69 Å². The summed E-state index contributed by atoms with van der Waals surface area (Å²) in [5.74, 6) is 0.674. The second-order valence-corrected chi connectivity index (χ2v) is 2.36. The van der Waals surface area contributed by atoms with Crippen LogP contribution in [0.25, 0.3) is 11.4 Å². The lowest BCUT2D eigenvalue weighted by atomic mass is 10.2. The SMILES string of the molecule is Cc1c2ccnc-2ncn1O. The average molecular weight is 149 g/mol. The molecule has 4 nitrogen and oxygen atoms in total. The van der Waals surface area contributed by atoms with E-state index in [1.165, 1.54) is 6.33 Å². The Balaban J connectivity index is 2.81. The molecule has 2 aliphatic heterocycles. The van der Waals surface area contributed by atoms with Crippen LogP contribution in [0.2, 0.25) is 0 Å². The summed E-state index contributed by atoms with van der Waals surface area (Å²) >= 11 is 0. The summed E-state index contributed by atoms with van der Waals surface area (Å²) in [6.45, 7) is 1.81. The summed E-state index contributed by atoms with van der Waals surface area (Å²) < 4.78 is 0.990. The quantitative estimate of drug-likeness (QED) is 0.567. The molecule has 0 aromatic rings. The molecule has 4 heteroatoms. The molecule has 0 unspecified atom stereocenters. The molecule has 0 amide bonds. The average Bonchev–Trinajstić information content (AvgIpc) is 2.45. The van der Waals surface area contributed by atoms with Gasteiger partial charge < -0.3 is 5.21 Å². The molecule has 0 aliphatic carbocycles. The minimum Gasteiger partial charge on any atom is -0.427 e. The zero-order valence-corrected chi connectivity index (χ0v) is 6.02. The normalized spacial score (nSPS) is 10.6. The van der Waals surface area contributed by atoms with Gasteiger partial charge in [0.2, 0.25) is 0 Å². The summed E-state index contributed by atoms with van der Waals surface area (Å²) in [6.07, 6.45) is 3.01. The van der Waals surface area contributed by atoms with Gasteiger partial charge in [0.25, 0.3) is 0 Å². The molecule has 0 fully saturated rings. The summed E-state index contributed by atoms with van der Waals surface area (Å²) in [4.78, 5) is 7.89. The first-order chi connectivity index (χ1) is 5.29. The van der Waals surface area contributed by atoms with Crippen LogP contribution in [-0.4, -0.2) is 19.9 Å². The van der Waals surface area contributed by atoms with Gasteiger partial charge in [-0.15, -0.1) is 0 Å². The second kappa shape index (κ2) is 1.95. The molecule has 1 N–H and O–H groups in total. The summed E-state index contributed by atoms with van der Waals surface area (Å²) in [5, 5.41) is 9.16. The molecule has 0 saturated heterocycles. The van der Waals surface area contributed by atoms with E-state index in [2.05, 4.69) is 9.97 Å². The van der Waals surface area contributed by atoms with E-state index in [0.29, 0.717) is 5.82 Å². The van der Waals surface area contributed by atoms with Crippen LogP contribution in [0.15, 0.2) is 18.6 Å². The van der Waals surface area contributed by atoms with Gasteiger partial charge in [-0.3, -0.25) is 0 Å². The van der Waals surface area contributed by atoms with Crippen molar-refractivity contribution < 1.29 is 5.21 Å². The molecule has 56 valence electrons. The first kappa shape index (κ1) is 6.15. The topological polar surface area (TPSA) is 50.9 Å². The van der Waals surface area contributed by atoms with Crippen molar-refractivity contribution in [2.24, 2.45) is 0 Å². The molecule has 0 radical (unpaired) electrons. The Morgan fingerprint density at radius 2 is 2.27 bits per heavy atom. The minimum absolute atomic E-state index is 0.674. The van der Waals surface area contributed by atoms with Crippen molar-refractivity contribution in [2.75, 3.05) is 0 Å². The molecular formula is C7H7N3O. The van der Waals surface area contributed by atoms with Crippen LogP contribution < -0.4 is 0 Å². The second-order valence-electron chi connectivity index (χ2n) is 2.36. The number of hydrogen-bond acceptors (Lipinski definition) is 3. The van der Waals surface area contributed by atoms with Crippen LogP contribution in [0.3, 0.4) is 0 Å². The highest BCUT2D eigenvalue weighted by Gasteiger charge is 2.09. The number of nitrogens with zero attached hydrogens (tertiary/aromatic N) is 3. The van der Waals surface area contributed by atoms with E-state index < -0.39 is 0 Å². The fraction of sp³-hybridized carbons (Fsp3) is 0.143. The molecule has 0 atom stereocenters. The smallest absolute Gasteiger partial charge is 0.162 e. The maximum atomic E-state index is 9.16. The molecule has 11 heavy (non-hydrogen) atoms. The number of aromatic nitrogens is 3. The minimum atomic E-state index is 0.674. The van der Waals surface area contributed by atoms with Gasteiger partial charge in [0.05, 0.1) is 5.69 Å². The Labute approximate surface area is 63.4 Å². The molecule has 2 heterocycles. The van der Waals surface area contributed by atoms with E-state index in [0.717, 1.165) is 16.0 Å². The number of hydrogen-bond donors (Lipinski definition) is 1. The zero-order chi connectivity index (χ0) is 7.84. The van der Waals surface area contributed by atoms with Crippen LogP contribution in [0.5, 0.6) is 0 Å². The first-order valence-electron chi connectivity index (χ1n) is 3.27. The van der Waals surface area contributed by atoms with E-state index in [4.69, 9.17) is 5.21 Å². The van der Waals surface area contributed by atoms with Gasteiger partial charge in [0.1, 0.15) is 6.33 Å². The van der Waals surface area contributed by atoms with Crippen molar-refractivity contribution in [1.82, 2.24) is 14.7 Å². The maximum absolute atomic E-state index is 9.16. The van der Waals surface area contributed by atoms with Crippen molar-refractivity contribution in [3.8, 4) is 11.4 Å². The predicted molar refractivity (Wildman–Crippen MR) is 38.6 cm³/mol. The monoisotopic (exact) mass is 149 g/mol. The van der Waals surface area contributed by atoms with Crippen molar-refractivity contribution >= 4 is 0 Å². The predicted octanol–water partition coefficient (Wildman–Crippen LogP) is 0.929. The van der Waals surface area contributed by atoms with Crippen molar-refractivity contribution in [3.63, 3.8) is 0 Å². The molecule has 2 aliphatic rings. The summed E-state index contributed by atoms with van der Waals surface area (Å²) in [7, 11) is 0. The van der Waals surface area contributed by atoms with Crippen LogP contribution in [0.4, 0.5) is 0 Å². The molecule has 0 saturated carbocycles. The standard InChI is InChI=1S/C7H7N3O/c1-5-6-2-3-8-7(6)9-4-10(5)11/h2-4,11H,1H3. The molecule has 0 aromatic heterocycles. The van der Waals surface area contributed by atoms with Gasteiger partial charge in [-0.05, 0) is 13.0 Å². The highest BCUT2D eigenvalue weighted by molar-refractivity contribution is 5.58. The third-order valence-electron chi connectivity index (χ3n) is 1.70. The van der Waals surface area contributed by atoms with E-state index >= 15 is 0 Å².